The van der Waals surface area contributed by atoms with Gasteiger partial charge in [0.15, 0.2) is 0 Å². The highest BCUT2D eigenvalue weighted by molar-refractivity contribution is 6.30. The highest BCUT2D eigenvalue weighted by Gasteiger charge is 2.43. The Morgan fingerprint density at radius 2 is 1.81 bits per heavy atom. The number of aliphatic carboxylic acids is 1. The number of hydrogen-bond donors (Lipinski definition) is 1. The van der Waals surface area contributed by atoms with Gasteiger partial charge in [0.2, 0.25) is 0 Å². The molecule has 200 valence electrons. The fourth-order valence-electron chi connectivity index (χ4n) is 6.31. The number of alkyl halides is 3. The molecule has 8 heteroatoms. The van der Waals surface area contributed by atoms with Gasteiger partial charge in [0.25, 0.3) is 0 Å². The molecule has 0 bridgehead atoms. The number of carboxylic acid groups (broad SMARTS) is 1. The Labute approximate surface area is 220 Å². The maximum absolute atomic E-state index is 13.7. The van der Waals surface area contributed by atoms with E-state index in [4.69, 9.17) is 16.3 Å². The Hall–Kier alpha value is -2.25. The first-order valence-corrected chi connectivity index (χ1v) is 13.5. The third kappa shape index (κ3) is 5.35. The molecule has 3 atom stereocenters. The number of ether oxygens (including phenoxy) is 1. The molecule has 1 aliphatic carbocycles. The second kappa shape index (κ2) is 9.81. The number of carboxylic acids is 1. The van der Waals surface area contributed by atoms with Crippen molar-refractivity contribution in [1.29, 1.82) is 0 Å². The summed E-state index contributed by atoms with van der Waals surface area (Å²) in [6, 6.07) is 9.56. The van der Waals surface area contributed by atoms with Crippen LogP contribution in [0.1, 0.15) is 80.2 Å². The summed E-state index contributed by atoms with van der Waals surface area (Å²) in [6.07, 6.45) is 0.864. The predicted octanol–water partition coefficient (Wildman–Crippen LogP) is 7.49. The number of carbonyl (C=O) groups is 1. The summed E-state index contributed by atoms with van der Waals surface area (Å²) in [4.78, 5) is 13.8. The number of rotatable bonds is 6. The molecule has 1 saturated heterocycles. The number of likely N-dealkylation sites (tertiary alicyclic amines) is 1. The lowest BCUT2D eigenvalue weighted by atomic mass is 9.80. The van der Waals surface area contributed by atoms with Crippen LogP contribution in [0.3, 0.4) is 0 Å². The lowest BCUT2D eigenvalue weighted by Crippen LogP contribution is -2.50. The first-order chi connectivity index (χ1) is 17.5. The number of piperidine rings is 1. The molecular formula is C29H33ClF3NO3. The van der Waals surface area contributed by atoms with E-state index in [9.17, 15) is 23.1 Å². The molecule has 4 nitrogen and oxygen atoms in total. The van der Waals surface area contributed by atoms with Crippen molar-refractivity contribution >= 4 is 17.6 Å². The van der Waals surface area contributed by atoms with Crippen LogP contribution in [-0.4, -0.2) is 34.7 Å². The number of aryl methyl sites for hydroxylation is 1. The van der Waals surface area contributed by atoms with E-state index in [1.165, 1.54) is 12.1 Å². The van der Waals surface area contributed by atoms with Gasteiger partial charge < -0.3 is 9.84 Å². The molecule has 37 heavy (non-hydrogen) atoms. The molecule has 5 rings (SSSR count). The quantitative estimate of drug-likeness (QED) is 0.416. The third-order valence-electron chi connectivity index (χ3n) is 8.74. The maximum Gasteiger partial charge on any atom is 0.416 e. The molecule has 0 amide bonds. The average Bonchev–Trinajstić information content (AvgIpc) is 3.68. The molecule has 2 aromatic carbocycles. The summed E-state index contributed by atoms with van der Waals surface area (Å²) in [5.41, 5.74) is 1.38. The number of benzene rings is 2. The minimum absolute atomic E-state index is 0.0208. The second-order valence-corrected chi connectivity index (χ2v) is 11.5. The lowest BCUT2D eigenvalue weighted by molar-refractivity contribution is -0.142. The maximum atomic E-state index is 13.7. The van der Waals surface area contributed by atoms with Gasteiger partial charge in [0.05, 0.1) is 11.5 Å². The van der Waals surface area contributed by atoms with Crippen LogP contribution in [0.4, 0.5) is 13.2 Å². The van der Waals surface area contributed by atoms with E-state index in [0.717, 1.165) is 61.5 Å². The summed E-state index contributed by atoms with van der Waals surface area (Å²) >= 11 is 6.07. The van der Waals surface area contributed by atoms with Crippen molar-refractivity contribution in [2.24, 2.45) is 11.8 Å². The smallest absolute Gasteiger partial charge is 0.416 e. The summed E-state index contributed by atoms with van der Waals surface area (Å²) in [7, 11) is 0. The molecule has 2 heterocycles. The van der Waals surface area contributed by atoms with Gasteiger partial charge in [-0.3, -0.25) is 9.69 Å². The molecule has 2 fully saturated rings. The zero-order valence-electron chi connectivity index (χ0n) is 21.2. The molecule has 2 aliphatic heterocycles. The molecular weight excluding hydrogens is 503 g/mol. The Morgan fingerprint density at radius 3 is 2.43 bits per heavy atom. The Bertz CT molecular complexity index is 1170. The summed E-state index contributed by atoms with van der Waals surface area (Å²) in [6.45, 7) is 4.85. The number of halogens is 4. The van der Waals surface area contributed by atoms with Gasteiger partial charge in [0, 0.05) is 24.2 Å². The van der Waals surface area contributed by atoms with E-state index in [1.54, 1.807) is 6.92 Å². The molecule has 1 N–H and O–H groups in total. The van der Waals surface area contributed by atoms with Crippen LogP contribution >= 0.6 is 11.6 Å². The fraction of sp³-hybridized carbons (Fsp3) is 0.552. The summed E-state index contributed by atoms with van der Waals surface area (Å²) in [5, 5.41) is 9.95. The topological polar surface area (TPSA) is 49.8 Å². The Kier molecular flexibility index (Phi) is 6.99. The third-order valence-corrected chi connectivity index (χ3v) is 8.97. The number of nitrogens with zero attached hydrogens (tertiary/aromatic N) is 1. The minimum Gasteiger partial charge on any atom is -0.487 e. The van der Waals surface area contributed by atoms with Crippen LogP contribution in [0.15, 0.2) is 36.4 Å². The monoisotopic (exact) mass is 535 g/mol. The van der Waals surface area contributed by atoms with E-state index in [-0.39, 0.29) is 17.1 Å². The van der Waals surface area contributed by atoms with Crippen molar-refractivity contribution in [3.63, 3.8) is 0 Å². The van der Waals surface area contributed by atoms with Crippen molar-refractivity contribution in [3.8, 4) is 5.75 Å². The van der Waals surface area contributed by atoms with E-state index in [1.807, 2.05) is 6.92 Å². The number of hydrogen-bond acceptors (Lipinski definition) is 3. The normalized spacial score (nSPS) is 22.1. The zero-order valence-corrected chi connectivity index (χ0v) is 21.9. The Morgan fingerprint density at radius 1 is 1.11 bits per heavy atom. The van der Waals surface area contributed by atoms with E-state index >= 15 is 0 Å². The van der Waals surface area contributed by atoms with Gasteiger partial charge in [0.1, 0.15) is 11.4 Å². The molecule has 0 aromatic heterocycles. The first kappa shape index (κ1) is 26.4. The predicted molar refractivity (Wildman–Crippen MR) is 136 cm³/mol. The molecule has 1 saturated carbocycles. The lowest BCUT2D eigenvalue weighted by Gasteiger charge is -2.46. The van der Waals surface area contributed by atoms with Gasteiger partial charge >= 0.3 is 12.1 Å². The highest BCUT2D eigenvalue weighted by Crippen LogP contribution is 2.49. The summed E-state index contributed by atoms with van der Waals surface area (Å²) in [5.74, 6) is -0.0162. The largest absolute Gasteiger partial charge is 0.487 e. The van der Waals surface area contributed by atoms with E-state index in [0.29, 0.717) is 24.0 Å². The van der Waals surface area contributed by atoms with Gasteiger partial charge in [-0.2, -0.15) is 13.2 Å². The standard InChI is InChI=1S/C29H33ClF3NO3/c1-17(27(35)36)26(20-4-5-20)21-6-3-19-9-10-28(37-25(19)15-21)11-13-34(14-12-28)18(2)23-16-22(30)7-8-24(23)29(31,32)33/h3,6-8,15-18,20,26H,4-5,9-14H2,1-2H3,(H,35,36). The summed E-state index contributed by atoms with van der Waals surface area (Å²) < 4.78 is 47.6. The molecule has 1 spiro atoms. The van der Waals surface area contributed by atoms with Crippen LogP contribution in [0, 0.1) is 11.8 Å². The average molecular weight is 536 g/mol. The van der Waals surface area contributed by atoms with Crippen molar-refractivity contribution in [2.45, 2.75) is 76.1 Å². The highest BCUT2D eigenvalue weighted by atomic mass is 35.5. The van der Waals surface area contributed by atoms with Gasteiger partial charge in [-0.25, -0.2) is 0 Å². The van der Waals surface area contributed by atoms with Crippen molar-refractivity contribution in [2.75, 3.05) is 13.1 Å². The minimum atomic E-state index is -4.43. The second-order valence-electron chi connectivity index (χ2n) is 11.1. The van der Waals surface area contributed by atoms with Crippen LogP contribution in [-0.2, 0) is 17.4 Å². The SMILES string of the molecule is CC(C(=O)O)C(c1ccc2c(c1)OC1(CC2)CCN(C(C)c2cc(Cl)ccc2C(F)(F)F)CC1)C1CC1. The fourth-order valence-corrected chi connectivity index (χ4v) is 6.49. The molecule has 3 unspecified atom stereocenters. The molecule has 0 radical (unpaired) electrons. The van der Waals surface area contributed by atoms with Crippen LogP contribution in [0.25, 0.3) is 0 Å². The van der Waals surface area contributed by atoms with E-state index < -0.39 is 29.7 Å². The first-order valence-electron chi connectivity index (χ1n) is 13.1. The van der Waals surface area contributed by atoms with Crippen molar-refractivity contribution in [3.05, 3.63) is 63.7 Å². The van der Waals surface area contributed by atoms with Gasteiger partial charge in [-0.15, -0.1) is 0 Å². The van der Waals surface area contributed by atoms with Gasteiger partial charge in [-0.1, -0.05) is 30.7 Å². The van der Waals surface area contributed by atoms with Crippen molar-refractivity contribution < 1.29 is 27.8 Å². The molecule has 3 aliphatic rings. The van der Waals surface area contributed by atoms with Gasteiger partial charge in [-0.05, 0) is 98.2 Å². The van der Waals surface area contributed by atoms with Crippen LogP contribution in [0.2, 0.25) is 5.02 Å². The van der Waals surface area contributed by atoms with Crippen molar-refractivity contribution in [1.82, 2.24) is 4.90 Å². The Balaban J connectivity index is 1.31. The van der Waals surface area contributed by atoms with Crippen LogP contribution in [0.5, 0.6) is 5.75 Å². The molecule has 2 aromatic rings. The zero-order chi connectivity index (χ0) is 26.5. The van der Waals surface area contributed by atoms with E-state index in [2.05, 4.69) is 23.1 Å². The number of fused-ring (bicyclic) bond motifs is 1. The van der Waals surface area contributed by atoms with Crippen LogP contribution < -0.4 is 4.74 Å².